The summed E-state index contributed by atoms with van der Waals surface area (Å²) in [5.41, 5.74) is 5.16. The van der Waals surface area contributed by atoms with Gasteiger partial charge in [0.15, 0.2) is 5.78 Å². The van der Waals surface area contributed by atoms with Gasteiger partial charge in [0.05, 0.1) is 16.2 Å². The molecule has 1 aliphatic carbocycles. The molecule has 0 radical (unpaired) electrons. The van der Waals surface area contributed by atoms with Gasteiger partial charge in [-0.3, -0.25) is 4.79 Å². The normalized spacial score (nSPS) is 15.8. The first-order valence-corrected chi connectivity index (χ1v) is 11.4. The van der Waals surface area contributed by atoms with Gasteiger partial charge in [0.2, 0.25) is 0 Å². The van der Waals surface area contributed by atoms with Crippen LogP contribution in [0.4, 0.5) is 0 Å². The molecule has 1 unspecified atom stereocenters. The number of nitrogens with one attached hydrogen (secondary N) is 1. The average molecular weight is 422 g/mol. The van der Waals surface area contributed by atoms with Crippen LogP contribution in [0.2, 0.25) is 0 Å². The number of carbonyl (C=O) groups excluding carboxylic acids is 1. The molecule has 3 aromatic rings. The number of rotatable bonds is 6. The zero-order valence-electron chi connectivity index (χ0n) is 16.5. The molecule has 4 rings (SSSR count). The smallest absolute Gasteiger partial charge is 0.170 e. The Morgan fingerprint density at radius 2 is 1.86 bits per heavy atom. The van der Waals surface area contributed by atoms with Gasteiger partial charge in [-0.25, -0.2) is 0 Å². The number of fused-ring (bicyclic) bond motifs is 1. The standard InChI is InChI=1S/C24H23NO2S2/c1-15(26)23-20-12-18(17-8-10-19(27-2)11-9-17)13-21(25)22(20)24(29-23)28-14-16-6-4-3-5-7-16/h3-11,18,25H,12-14H2,1-2H3. The van der Waals surface area contributed by atoms with E-state index in [0.717, 1.165) is 38.1 Å². The summed E-state index contributed by atoms with van der Waals surface area (Å²) in [7, 11) is 1.66. The first kappa shape index (κ1) is 19.9. The summed E-state index contributed by atoms with van der Waals surface area (Å²) < 4.78 is 6.37. The highest BCUT2D eigenvalue weighted by atomic mass is 32.2. The summed E-state index contributed by atoms with van der Waals surface area (Å²) in [4.78, 5) is 13.2. The minimum Gasteiger partial charge on any atom is -0.497 e. The highest BCUT2D eigenvalue weighted by Gasteiger charge is 2.31. The number of thioether (sulfide) groups is 1. The van der Waals surface area contributed by atoms with Gasteiger partial charge in [0.1, 0.15) is 5.75 Å². The molecule has 0 saturated heterocycles. The number of methoxy groups -OCH3 is 1. The maximum atomic E-state index is 12.4. The van der Waals surface area contributed by atoms with E-state index in [2.05, 4.69) is 24.3 Å². The van der Waals surface area contributed by atoms with Gasteiger partial charge in [-0.05, 0) is 54.5 Å². The quantitative estimate of drug-likeness (QED) is 0.373. The Morgan fingerprint density at radius 3 is 2.52 bits per heavy atom. The third-order valence-electron chi connectivity index (χ3n) is 5.30. The number of Topliss-reactive ketones (excluding diaryl/α,β-unsaturated/α-hetero) is 1. The lowest BCUT2D eigenvalue weighted by atomic mass is 9.79. The molecule has 29 heavy (non-hydrogen) atoms. The second-order valence-corrected chi connectivity index (χ2v) is 9.52. The monoisotopic (exact) mass is 421 g/mol. The molecule has 0 bridgehead atoms. The van der Waals surface area contributed by atoms with Crippen molar-refractivity contribution in [1.29, 1.82) is 5.41 Å². The van der Waals surface area contributed by atoms with E-state index in [9.17, 15) is 4.79 Å². The fourth-order valence-corrected chi connectivity index (χ4v) is 6.36. The number of ketones is 1. The lowest BCUT2D eigenvalue weighted by molar-refractivity contribution is 0.102. The Hall–Kier alpha value is -2.37. The molecular weight excluding hydrogens is 398 g/mol. The van der Waals surface area contributed by atoms with Gasteiger partial charge in [-0.1, -0.05) is 42.5 Å². The maximum Gasteiger partial charge on any atom is 0.170 e. The summed E-state index contributed by atoms with van der Waals surface area (Å²) >= 11 is 3.30. The molecule has 5 heteroatoms. The fourth-order valence-electron chi connectivity index (χ4n) is 3.83. The van der Waals surface area contributed by atoms with Crippen LogP contribution in [0.3, 0.4) is 0 Å². The van der Waals surface area contributed by atoms with Crippen LogP contribution in [0.15, 0.2) is 58.8 Å². The van der Waals surface area contributed by atoms with Gasteiger partial charge < -0.3 is 10.1 Å². The lowest BCUT2D eigenvalue weighted by Crippen LogP contribution is -2.19. The SMILES string of the molecule is COc1ccc(C2CC(=N)c3c(SCc4ccccc4)sc(C(C)=O)c3C2)cc1. The van der Waals surface area contributed by atoms with Crippen molar-refractivity contribution < 1.29 is 9.53 Å². The molecule has 0 aliphatic heterocycles. The molecule has 0 fully saturated rings. The molecule has 0 amide bonds. The molecule has 0 spiro atoms. The molecule has 0 saturated carbocycles. The van der Waals surface area contributed by atoms with E-state index in [0.29, 0.717) is 12.1 Å². The number of benzene rings is 2. The van der Waals surface area contributed by atoms with E-state index < -0.39 is 0 Å². The predicted molar refractivity (Wildman–Crippen MR) is 121 cm³/mol. The van der Waals surface area contributed by atoms with Crippen LogP contribution in [-0.2, 0) is 12.2 Å². The molecule has 1 aliphatic rings. The summed E-state index contributed by atoms with van der Waals surface area (Å²) in [6.45, 7) is 1.64. The largest absolute Gasteiger partial charge is 0.497 e. The maximum absolute atomic E-state index is 12.4. The van der Waals surface area contributed by atoms with Gasteiger partial charge in [0.25, 0.3) is 0 Å². The van der Waals surface area contributed by atoms with E-state index >= 15 is 0 Å². The molecule has 1 aromatic heterocycles. The Morgan fingerprint density at radius 1 is 1.14 bits per heavy atom. The van der Waals surface area contributed by atoms with Crippen molar-refractivity contribution in [1.82, 2.24) is 0 Å². The summed E-state index contributed by atoms with van der Waals surface area (Å²) in [6, 6.07) is 18.4. The third-order valence-corrected chi connectivity index (χ3v) is 7.97. The number of ether oxygens (including phenoxy) is 1. The Kier molecular flexibility index (Phi) is 5.88. The molecule has 3 nitrogen and oxygen atoms in total. The molecule has 1 N–H and O–H groups in total. The lowest BCUT2D eigenvalue weighted by Gasteiger charge is -2.25. The van der Waals surface area contributed by atoms with Crippen LogP contribution in [0.1, 0.15) is 51.2 Å². The second kappa shape index (κ2) is 8.56. The van der Waals surface area contributed by atoms with Gasteiger partial charge in [0, 0.05) is 17.0 Å². The molecule has 1 heterocycles. The van der Waals surface area contributed by atoms with E-state index in [-0.39, 0.29) is 11.7 Å². The minimum absolute atomic E-state index is 0.0981. The third kappa shape index (κ3) is 4.16. The number of carbonyl (C=O) groups is 1. The molecular formula is C24H23NO2S2. The Labute approximate surface area is 179 Å². The zero-order chi connectivity index (χ0) is 20.4. The van der Waals surface area contributed by atoms with Gasteiger partial charge in [-0.15, -0.1) is 23.1 Å². The summed E-state index contributed by atoms with van der Waals surface area (Å²) in [5.74, 6) is 2.00. The molecule has 148 valence electrons. The number of hydrogen-bond donors (Lipinski definition) is 1. The zero-order valence-corrected chi connectivity index (χ0v) is 18.2. The van der Waals surface area contributed by atoms with Crippen LogP contribution in [-0.4, -0.2) is 18.6 Å². The minimum atomic E-state index is 0.0981. The average Bonchev–Trinajstić information content (AvgIpc) is 3.12. The Balaban J connectivity index is 1.64. The first-order valence-electron chi connectivity index (χ1n) is 9.62. The topological polar surface area (TPSA) is 50.1 Å². The van der Waals surface area contributed by atoms with Crippen molar-refractivity contribution in [2.75, 3.05) is 7.11 Å². The van der Waals surface area contributed by atoms with Crippen LogP contribution in [0.5, 0.6) is 5.75 Å². The van der Waals surface area contributed by atoms with Crippen LogP contribution >= 0.6 is 23.1 Å². The van der Waals surface area contributed by atoms with Crippen molar-refractivity contribution in [3.8, 4) is 5.75 Å². The van der Waals surface area contributed by atoms with Crippen LogP contribution in [0, 0.1) is 5.41 Å². The van der Waals surface area contributed by atoms with Crippen molar-refractivity contribution in [2.45, 2.75) is 35.6 Å². The van der Waals surface area contributed by atoms with Crippen molar-refractivity contribution >= 4 is 34.6 Å². The second-order valence-electron chi connectivity index (χ2n) is 7.26. The van der Waals surface area contributed by atoms with E-state index in [4.69, 9.17) is 10.1 Å². The summed E-state index contributed by atoms with van der Waals surface area (Å²) in [5, 5.41) is 8.76. The van der Waals surface area contributed by atoms with Crippen LogP contribution < -0.4 is 4.74 Å². The number of thiophene rings is 1. The van der Waals surface area contributed by atoms with Crippen molar-refractivity contribution in [3.63, 3.8) is 0 Å². The highest BCUT2D eigenvalue weighted by Crippen LogP contribution is 2.44. The first-order chi connectivity index (χ1) is 14.1. The van der Waals surface area contributed by atoms with Crippen molar-refractivity contribution in [3.05, 3.63) is 81.7 Å². The van der Waals surface area contributed by atoms with Crippen LogP contribution in [0.25, 0.3) is 0 Å². The van der Waals surface area contributed by atoms with E-state index in [1.807, 2.05) is 30.3 Å². The van der Waals surface area contributed by atoms with Gasteiger partial charge in [-0.2, -0.15) is 0 Å². The predicted octanol–water partition coefficient (Wildman–Crippen LogP) is 6.35. The highest BCUT2D eigenvalue weighted by molar-refractivity contribution is 8.00. The van der Waals surface area contributed by atoms with Gasteiger partial charge >= 0.3 is 0 Å². The van der Waals surface area contributed by atoms with E-state index in [1.54, 1.807) is 37.1 Å². The van der Waals surface area contributed by atoms with E-state index in [1.165, 1.54) is 11.1 Å². The molecule has 2 aromatic carbocycles. The summed E-state index contributed by atoms with van der Waals surface area (Å²) in [6.07, 6.45) is 1.51. The number of hydrogen-bond acceptors (Lipinski definition) is 5. The Bertz CT molecular complexity index is 1040. The molecule has 1 atom stereocenters. The fraction of sp³-hybridized carbons (Fsp3) is 0.250. The van der Waals surface area contributed by atoms with Crippen molar-refractivity contribution in [2.24, 2.45) is 0 Å².